The normalized spacial score (nSPS) is 12.0. The molecule has 0 bridgehead atoms. The Morgan fingerprint density at radius 3 is 2.23 bits per heavy atom. The largest absolute Gasteiger partial charge is 0.673 e. The summed E-state index contributed by atoms with van der Waals surface area (Å²) in [6, 6.07) is 17.8. The summed E-state index contributed by atoms with van der Waals surface area (Å²) in [6.45, 7) is 3.09. The third-order valence-corrected chi connectivity index (χ3v) is 3.62. The number of hydrogen-bond donors (Lipinski definition) is 1. The smallest absolute Gasteiger partial charge is 0.456 e. The Morgan fingerprint density at radius 2 is 1.62 bits per heavy atom. The van der Waals surface area contributed by atoms with E-state index in [1.165, 1.54) is 0 Å². The van der Waals surface area contributed by atoms with Crippen LogP contribution < -0.4 is 10.3 Å². The standard InChI is InChI=1S/C18H16ClNO.BF4/c1-2-11-20-16-12-18(13-7-9-14(19)10-8-13)21-17-6-4-3-5-15(16)17;2-1(3,4)5/h3-10,12H,2,11H2,1H3;/q;-1/p+1. The van der Waals surface area contributed by atoms with Crippen LogP contribution in [-0.4, -0.2) is 13.8 Å². The van der Waals surface area contributed by atoms with Crippen molar-refractivity contribution in [1.82, 2.24) is 0 Å². The van der Waals surface area contributed by atoms with Crippen LogP contribution in [0.3, 0.4) is 0 Å². The number of rotatable bonds is 3. The van der Waals surface area contributed by atoms with Crippen molar-refractivity contribution in [3.8, 4) is 11.3 Å². The first-order valence-electron chi connectivity index (χ1n) is 8.01. The van der Waals surface area contributed by atoms with Crippen molar-refractivity contribution in [2.45, 2.75) is 13.3 Å². The molecule has 0 aliphatic heterocycles. The Kier molecular flexibility index (Phi) is 6.86. The number of benzene rings is 2. The molecule has 0 aliphatic rings. The van der Waals surface area contributed by atoms with Crippen molar-refractivity contribution >= 4 is 29.8 Å². The molecule has 0 fully saturated rings. The van der Waals surface area contributed by atoms with Gasteiger partial charge in [0.05, 0.1) is 11.5 Å². The number of para-hydroxylation sites is 1. The minimum absolute atomic E-state index is 0.726. The van der Waals surface area contributed by atoms with Crippen molar-refractivity contribution in [3.05, 3.63) is 65.0 Å². The summed E-state index contributed by atoms with van der Waals surface area (Å²) in [5, 5.41) is 2.93. The van der Waals surface area contributed by atoms with Crippen molar-refractivity contribution in [1.29, 1.82) is 0 Å². The van der Waals surface area contributed by atoms with Gasteiger partial charge in [-0.05, 0) is 36.4 Å². The molecule has 26 heavy (non-hydrogen) atoms. The molecule has 0 aliphatic carbocycles. The fraction of sp³-hybridized carbons (Fsp3) is 0.167. The van der Waals surface area contributed by atoms with Gasteiger partial charge in [-0.3, -0.25) is 0 Å². The third-order valence-electron chi connectivity index (χ3n) is 3.37. The summed E-state index contributed by atoms with van der Waals surface area (Å²) in [5.74, 6) is 0.837. The lowest BCUT2D eigenvalue weighted by atomic mass is 10.1. The van der Waals surface area contributed by atoms with Gasteiger partial charge in [-0.1, -0.05) is 30.7 Å². The lowest BCUT2D eigenvalue weighted by molar-refractivity contribution is -0.499. The molecule has 0 unspecified atom stereocenters. The SMILES string of the molecule is CCC[NH+]=c1cc(-c2ccc(Cl)cc2)oc2ccccc12.F[B-](F)(F)F. The highest BCUT2D eigenvalue weighted by molar-refractivity contribution is 6.50. The van der Waals surface area contributed by atoms with E-state index in [9.17, 15) is 17.3 Å². The monoisotopic (exact) mass is 385 g/mol. The van der Waals surface area contributed by atoms with Crippen molar-refractivity contribution in [2.75, 3.05) is 6.54 Å². The molecule has 0 atom stereocenters. The van der Waals surface area contributed by atoms with Gasteiger partial charge in [0, 0.05) is 17.0 Å². The first-order valence-corrected chi connectivity index (χ1v) is 8.38. The van der Waals surface area contributed by atoms with E-state index in [1.807, 2.05) is 42.5 Å². The van der Waals surface area contributed by atoms with Gasteiger partial charge in [0.25, 0.3) is 0 Å². The van der Waals surface area contributed by atoms with Crippen LogP contribution >= 0.6 is 11.6 Å². The summed E-state index contributed by atoms with van der Waals surface area (Å²) in [5.41, 5.74) is 1.90. The second-order valence-corrected chi connectivity index (χ2v) is 5.89. The van der Waals surface area contributed by atoms with Crippen LogP contribution in [0.2, 0.25) is 5.02 Å². The van der Waals surface area contributed by atoms with Gasteiger partial charge < -0.3 is 21.7 Å². The molecule has 2 nitrogen and oxygen atoms in total. The fourth-order valence-electron chi connectivity index (χ4n) is 2.30. The Balaban J connectivity index is 0.000000431. The summed E-state index contributed by atoms with van der Waals surface area (Å²) in [4.78, 5) is 3.47. The molecular weight excluding hydrogens is 368 g/mol. The minimum Gasteiger partial charge on any atom is -0.456 e. The molecule has 2 aromatic carbocycles. The van der Waals surface area contributed by atoms with Gasteiger partial charge in [0.2, 0.25) is 5.36 Å². The molecule has 3 aromatic rings. The van der Waals surface area contributed by atoms with E-state index in [2.05, 4.69) is 24.0 Å². The van der Waals surface area contributed by atoms with E-state index in [0.29, 0.717) is 0 Å². The van der Waals surface area contributed by atoms with Crippen LogP contribution in [-0.2, 0) is 0 Å². The molecule has 3 rings (SSSR count). The van der Waals surface area contributed by atoms with Crippen molar-refractivity contribution in [3.63, 3.8) is 0 Å². The van der Waals surface area contributed by atoms with E-state index in [0.717, 1.165) is 45.6 Å². The Labute approximate surface area is 153 Å². The van der Waals surface area contributed by atoms with Crippen LogP contribution in [0.4, 0.5) is 17.3 Å². The predicted molar refractivity (Wildman–Crippen MR) is 96.1 cm³/mol. The quantitative estimate of drug-likeness (QED) is 0.524. The molecule has 0 amide bonds. The summed E-state index contributed by atoms with van der Waals surface area (Å²) < 4.78 is 45.0. The molecule has 1 heterocycles. The highest BCUT2D eigenvalue weighted by atomic mass is 35.5. The molecule has 0 saturated carbocycles. The number of hydrogen-bond acceptors (Lipinski definition) is 1. The van der Waals surface area contributed by atoms with Crippen molar-refractivity contribution in [2.24, 2.45) is 0 Å². The van der Waals surface area contributed by atoms with E-state index in [4.69, 9.17) is 16.0 Å². The molecule has 0 radical (unpaired) electrons. The summed E-state index contributed by atoms with van der Waals surface area (Å²) in [7, 11) is -6.00. The zero-order valence-corrected chi connectivity index (χ0v) is 14.7. The van der Waals surface area contributed by atoms with Crippen LogP contribution in [0.1, 0.15) is 13.3 Å². The van der Waals surface area contributed by atoms with Crippen LogP contribution in [0.5, 0.6) is 0 Å². The minimum atomic E-state index is -6.00. The Bertz CT molecular complexity index is 917. The average Bonchev–Trinajstić information content (AvgIpc) is 2.58. The highest BCUT2D eigenvalue weighted by Gasteiger charge is 2.20. The highest BCUT2D eigenvalue weighted by Crippen LogP contribution is 2.23. The topological polar surface area (TPSA) is 27.1 Å². The number of nitrogens with one attached hydrogen (secondary N) is 1. The van der Waals surface area contributed by atoms with Gasteiger partial charge in [0.15, 0.2) is 0 Å². The van der Waals surface area contributed by atoms with Gasteiger partial charge in [-0.15, -0.1) is 0 Å². The van der Waals surface area contributed by atoms with E-state index >= 15 is 0 Å². The van der Waals surface area contributed by atoms with E-state index in [-0.39, 0.29) is 0 Å². The summed E-state index contributed by atoms with van der Waals surface area (Å²) >= 11 is 5.95. The van der Waals surface area contributed by atoms with E-state index in [1.54, 1.807) is 0 Å². The maximum Gasteiger partial charge on any atom is 0.673 e. The second kappa shape index (κ2) is 8.89. The molecule has 0 saturated heterocycles. The number of halogens is 5. The second-order valence-electron chi connectivity index (χ2n) is 5.45. The molecule has 138 valence electrons. The van der Waals surface area contributed by atoms with Crippen molar-refractivity contribution < 1.29 is 26.7 Å². The van der Waals surface area contributed by atoms with Crippen LogP contribution in [0.15, 0.2) is 59.0 Å². The van der Waals surface area contributed by atoms with Gasteiger partial charge >= 0.3 is 7.25 Å². The average molecular weight is 386 g/mol. The maximum atomic E-state index is 9.75. The molecule has 1 N–H and O–H groups in total. The number of fused-ring (bicyclic) bond motifs is 1. The van der Waals surface area contributed by atoms with Gasteiger partial charge in [-0.25, -0.2) is 4.99 Å². The first-order chi connectivity index (χ1) is 12.3. The lowest BCUT2D eigenvalue weighted by Crippen LogP contribution is -2.76. The lowest BCUT2D eigenvalue weighted by Gasteiger charge is -2.03. The van der Waals surface area contributed by atoms with E-state index < -0.39 is 7.25 Å². The summed E-state index contributed by atoms with van der Waals surface area (Å²) in [6.07, 6.45) is 1.08. The zero-order chi connectivity index (χ0) is 19.2. The third kappa shape index (κ3) is 6.22. The zero-order valence-electron chi connectivity index (χ0n) is 14.0. The maximum absolute atomic E-state index is 9.75. The first kappa shape index (κ1) is 20.0. The Hall–Kier alpha value is -2.28. The molecule has 1 aromatic heterocycles. The molecular formula is C18H17BClF4NO. The Morgan fingerprint density at radius 1 is 1.00 bits per heavy atom. The van der Waals surface area contributed by atoms with Crippen LogP contribution in [0, 0.1) is 0 Å². The van der Waals surface area contributed by atoms with Gasteiger partial charge in [0.1, 0.15) is 17.9 Å². The van der Waals surface area contributed by atoms with Crippen LogP contribution in [0.25, 0.3) is 22.3 Å². The van der Waals surface area contributed by atoms with Gasteiger partial charge in [-0.2, -0.15) is 0 Å². The molecule has 8 heteroatoms. The fourth-order valence-corrected chi connectivity index (χ4v) is 2.42. The molecule has 0 spiro atoms. The predicted octanol–water partition coefficient (Wildman–Crippen LogP) is 4.44.